The van der Waals surface area contributed by atoms with E-state index in [4.69, 9.17) is 0 Å². The summed E-state index contributed by atoms with van der Waals surface area (Å²) in [5.41, 5.74) is 2.44. The molecule has 1 N–H and O–H groups in total. The van der Waals surface area contributed by atoms with Crippen molar-refractivity contribution in [3.63, 3.8) is 0 Å². The Labute approximate surface area is 92.0 Å². The summed E-state index contributed by atoms with van der Waals surface area (Å²) in [6.07, 6.45) is -0.597. The van der Waals surface area contributed by atoms with Gasteiger partial charge in [0.2, 0.25) is 0 Å². The smallest absolute Gasteiger partial charge is 0.132 e. The van der Waals surface area contributed by atoms with Crippen LogP contribution in [0.5, 0.6) is 0 Å². The molecule has 0 aliphatic heterocycles. The van der Waals surface area contributed by atoms with Gasteiger partial charge < -0.3 is 5.11 Å². The summed E-state index contributed by atoms with van der Waals surface area (Å²) >= 11 is 6.39. The average molecular weight is 276 g/mol. The van der Waals surface area contributed by atoms with Gasteiger partial charge >= 0.3 is 0 Å². The van der Waals surface area contributed by atoms with Gasteiger partial charge in [-0.05, 0) is 27.4 Å². The van der Waals surface area contributed by atoms with Crippen molar-refractivity contribution in [2.75, 3.05) is 0 Å². The van der Waals surface area contributed by atoms with E-state index < -0.39 is 6.10 Å². The van der Waals surface area contributed by atoms with Crippen molar-refractivity contribution in [1.82, 2.24) is 4.98 Å². The normalized spacial score (nSPS) is 13.1. The van der Waals surface area contributed by atoms with Gasteiger partial charge in [-0.3, -0.25) is 0 Å². The highest BCUT2D eigenvalue weighted by Crippen LogP contribution is 2.32. The summed E-state index contributed by atoms with van der Waals surface area (Å²) in [4.78, 5) is 4.98. The second-order valence-corrected chi connectivity index (χ2v) is 4.97. The third-order valence-electron chi connectivity index (χ3n) is 1.62. The molecule has 2 nitrogen and oxygen atoms in total. The minimum atomic E-state index is -0.597. The molecule has 5 heteroatoms. The van der Waals surface area contributed by atoms with Crippen LogP contribution in [0.3, 0.4) is 0 Å². The zero-order chi connectivity index (χ0) is 9.26. The number of aliphatic hydroxyl groups is 1. The maximum atomic E-state index is 9.88. The number of aliphatic hydroxyl groups excluding tert-OH is 1. The largest absolute Gasteiger partial charge is 0.381 e. The van der Waals surface area contributed by atoms with E-state index in [9.17, 15) is 5.11 Å². The molecule has 2 aromatic rings. The van der Waals surface area contributed by atoms with Crippen LogP contribution in [0.2, 0.25) is 0 Å². The summed E-state index contributed by atoms with van der Waals surface area (Å²) in [6, 6.07) is 1.93. The van der Waals surface area contributed by atoms with E-state index in [0.29, 0.717) is 5.69 Å². The monoisotopic (exact) mass is 275 g/mol. The Hall–Kier alpha value is -0.230. The maximum absolute atomic E-state index is 9.88. The summed E-state index contributed by atoms with van der Waals surface area (Å²) in [5, 5.41) is 13.7. The SMILES string of the molecule is OC(c1cscn1)c1sccc1Br. The number of thiazole rings is 1. The number of hydrogen-bond donors (Lipinski definition) is 1. The third kappa shape index (κ3) is 1.83. The van der Waals surface area contributed by atoms with Gasteiger partial charge in [0.25, 0.3) is 0 Å². The highest BCUT2D eigenvalue weighted by molar-refractivity contribution is 9.10. The fraction of sp³-hybridized carbons (Fsp3) is 0.125. The zero-order valence-electron chi connectivity index (χ0n) is 6.48. The van der Waals surface area contributed by atoms with Gasteiger partial charge in [-0.15, -0.1) is 22.7 Å². The second kappa shape index (κ2) is 3.88. The Bertz CT molecular complexity index is 385. The maximum Gasteiger partial charge on any atom is 0.132 e. The predicted molar refractivity (Wildman–Crippen MR) is 58.2 cm³/mol. The lowest BCUT2D eigenvalue weighted by Crippen LogP contribution is -1.97. The molecule has 2 aromatic heterocycles. The van der Waals surface area contributed by atoms with Gasteiger partial charge in [0.15, 0.2) is 0 Å². The quantitative estimate of drug-likeness (QED) is 0.914. The minimum Gasteiger partial charge on any atom is -0.381 e. The first kappa shape index (κ1) is 9.33. The molecule has 13 heavy (non-hydrogen) atoms. The molecule has 2 rings (SSSR count). The Kier molecular flexibility index (Phi) is 2.78. The lowest BCUT2D eigenvalue weighted by atomic mass is 10.2. The number of nitrogens with zero attached hydrogens (tertiary/aromatic N) is 1. The summed E-state index contributed by atoms with van der Waals surface area (Å²) < 4.78 is 0.943. The Morgan fingerprint density at radius 3 is 2.92 bits per heavy atom. The van der Waals surface area contributed by atoms with Crippen LogP contribution < -0.4 is 0 Å². The van der Waals surface area contributed by atoms with E-state index in [0.717, 1.165) is 9.35 Å². The van der Waals surface area contributed by atoms with Crippen molar-refractivity contribution in [1.29, 1.82) is 0 Å². The lowest BCUT2D eigenvalue weighted by Gasteiger charge is -2.05. The fourth-order valence-electron chi connectivity index (χ4n) is 0.992. The molecule has 68 valence electrons. The molecule has 0 aliphatic carbocycles. The van der Waals surface area contributed by atoms with Crippen LogP contribution in [0.1, 0.15) is 16.7 Å². The molecular weight excluding hydrogens is 270 g/mol. The van der Waals surface area contributed by atoms with Crippen LogP contribution in [-0.2, 0) is 0 Å². The summed E-state index contributed by atoms with van der Waals surface area (Å²) in [7, 11) is 0. The molecular formula is C8H6BrNOS2. The fourth-order valence-corrected chi connectivity index (χ4v) is 3.15. The average Bonchev–Trinajstić information content (AvgIpc) is 2.72. The molecule has 0 bridgehead atoms. The van der Waals surface area contributed by atoms with E-state index in [1.54, 1.807) is 5.51 Å². The molecule has 2 heterocycles. The Morgan fingerprint density at radius 1 is 1.54 bits per heavy atom. The van der Waals surface area contributed by atoms with Crippen molar-refractivity contribution in [3.05, 3.63) is 37.4 Å². The lowest BCUT2D eigenvalue weighted by molar-refractivity contribution is 0.219. The number of aromatic nitrogens is 1. The molecule has 1 unspecified atom stereocenters. The molecule has 1 atom stereocenters. The molecule has 0 aliphatic rings. The molecule has 0 aromatic carbocycles. The van der Waals surface area contributed by atoms with Crippen molar-refractivity contribution in [2.24, 2.45) is 0 Å². The first-order valence-electron chi connectivity index (χ1n) is 3.58. The topological polar surface area (TPSA) is 33.1 Å². The molecule has 0 amide bonds. The van der Waals surface area contributed by atoms with E-state index in [1.165, 1.54) is 22.7 Å². The summed E-state index contributed by atoms with van der Waals surface area (Å²) in [5.74, 6) is 0. The van der Waals surface area contributed by atoms with Gasteiger partial charge in [-0.2, -0.15) is 0 Å². The van der Waals surface area contributed by atoms with Crippen LogP contribution in [-0.4, -0.2) is 10.1 Å². The number of hydrogen-bond acceptors (Lipinski definition) is 4. The van der Waals surface area contributed by atoms with Gasteiger partial charge in [0.05, 0.1) is 16.1 Å². The van der Waals surface area contributed by atoms with Crippen LogP contribution in [0.4, 0.5) is 0 Å². The van der Waals surface area contributed by atoms with E-state index in [-0.39, 0.29) is 0 Å². The van der Waals surface area contributed by atoms with Crippen LogP contribution in [0, 0.1) is 0 Å². The molecule has 0 saturated heterocycles. The first-order chi connectivity index (χ1) is 6.29. The zero-order valence-corrected chi connectivity index (χ0v) is 9.69. The number of halogens is 1. The number of rotatable bonds is 2. The van der Waals surface area contributed by atoms with Gasteiger partial charge in [-0.25, -0.2) is 4.98 Å². The van der Waals surface area contributed by atoms with E-state index in [2.05, 4.69) is 20.9 Å². The molecule has 0 saturated carbocycles. The van der Waals surface area contributed by atoms with Gasteiger partial charge in [0.1, 0.15) is 6.10 Å². The summed E-state index contributed by atoms with van der Waals surface area (Å²) in [6.45, 7) is 0. The highest BCUT2D eigenvalue weighted by atomic mass is 79.9. The first-order valence-corrected chi connectivity index (χ1v) is 6.19. The minimum absolute atomic E-state index is 0.597. The van der Waals surface area contributed by atoms with Crippen LogP contribution >= 0.6 is 38.6 Å². The van der Waals surface area contributed by atoms with Gasteiger partial charge in [-0.1, -0.05) is 0 Å². The Morgan fingerprint density at radius 2 is 2.38 bits per heavy atom. The van der Waals surface area contributed by atoms with Crippen molar-refractivity contribution >= 4 is 38.6 Å². The van der Waals surface area contributed by atoms with Crippen LogP contribution in [0.15, 0.2) is 26.8 Å². The third-order valence-corrected chi connectivity index (χ3v) is 4.15. The van der Waals surface area contributed by atoms with Crippen molar-refractivity contribution < 1.29 is 5.11 Å². The number of thiophene rings is 1. The predicted octanol–water partition coefficient (Wildman–Crippen LogP) is 3.05. The van der Waals surface area contributed by atoms with Crippen LogP contribution in [0.25, 0.3) is 0 Å². The van der Waals surface area contributed by atoms with Crippen molar-refractivity contribution in [2.45, 2.75) is 6.10 Å². The van der Waals surface area contributed by atoms with Gasteiger partial charge in [0, 0.05) is 9.85 Å². The second-order valence-electron chi connectivity index (χ2n) is 2.45. The molecule has 0 spiro atoms. The van der Waals surface area contributed by atoms with E-state index in [1.807, 2.05) is 16.8 Å². The van der Waals surface area contributed by atoms with E-state index >= 15 is 0 Å². The Balaban J connectivity index is 2.33. The molecule has 0 radical (unpaired) electrons. The standard InChI is InChI=1S/C8H6BrNOS2/c9-5-1-2-13-8(5)7(11)6-3-12-4-10-6/h1-4,7,11H. The highest BCUT2D eigenvalue weighted by Gasteiger charge is 2.16. The molecule has 0 fully saturated rings. The van der Waals surface area contributed by atoms with Crippen molar-refractivity contribution in [3.8, 4) is 0 Å².